The van der Waals surface area contributed by atoms with Gasteiger partial charge in [0, 0.05) is 21.8 Å². The van der Waals surface area contributed by atoms with Gasteiger partial charge in [0.25, 0.3) is 0 Å². The third-order valence-electron chi connectivity index (χ3n) is 3.21. The first kappa shape index (κ1) is 14.1. The van der Waals surface area contributed by atoms with Crippen LogP contribution in [0.15, 0.2) is 60.8 Å². The molecule has 21 heavy (non-hydrogen) atoms. The predicted molar refractivity (Wildman–Crippen MR) is 84.1 cm³/mol. The summed E-state index contributed by atoms with van der Waals surface area (Å²) >= 11 is 12.1. The van der Waals surface area contributed by atoms with Gasteiger partial charge in [0.2, 0.25) is 0 Å². The molecule has 1 atom stereocenters. The number of nitrogens with zero attached hydrogens (tertiary/aromatic N) is 2. The summed E-state index contributed by atoms with van der Waals surface area (Å²) < 4.78 is 1.69. The molecule has 1 aromatic heterocycles. The Morgan fingerprint density at radius 1 is 1.00 bits per heavy atom. The molecule has 106 valence electrons. The highest BCUT2D eigenvalue weighted by Gasteiger charge is 2.19. The fraction of sp³-hybridized carbons (Fsp3) is 0.0625. The summed E-state index contributed by atoms with van der Waals surface area (Å²) in [5.41, 5.74) is 2.12. The van der Waals surface area contributed by atoms with Crippen LogP contribution >= 0.6 is 23.2 Å². The molecule has 2 aromatic carbocycles. The van der Waals surface area contributed by atoms with Crippen LogP contribution in [-0.4, -0.2) is 14.9 Å². The average Bonchev–Trinajstić information content (AvgIpc) is 2.97. The van der Waals surface area contributed by atoms with Gasteiger partial charge < -0.3 is 5.11 Å². The van der Waals surface area contributed by atoms with E-state index >= 15 is 0 Å². The van der Waals surface area contributed by atoms with E-state index in [4.69, 9.17) is 23.2 Å². The minimum Gasteiger partial charge on any atom is -0.382 e. The number of halogens is 2. The third-order valence-corrected chi connectivity index (χ3v) is 3.77. The van der Waals surface area contributed by atoms with Crippen LogP contribution in [-0.2, 0) is 0 Å². The summed E-state index contributed by atoms with van der Waals surface area (Å²) in [6.07, 6.45) is 0.771. The quantitative estimate of drug-likeness (QED) is 0.783. The van der Waals surface area contributed by atoms with Crippen molar-refractivity contribution < 1.29 is 5.11 Å². The van der Waals surface area contributed by atoms with Crippen molar-refractivity contribution in [2.24, 2.45) is 0 Å². The normalized spacial score (nSPS) is 12.3. The fourth-order valence-electron chi connectivity index (χ4n) is 2.19. The maximum absolute atomic E-state index is 10.6. The van der Waals surface area contributed by atoms with E-state index in [1.54, 1.807) is 35.1 Å². The lowest BCUT2D eigenvalue weighted by Crippen LogP contribution is -2.09. The lowest BCUT2D eigenvalue weighted by molar-refractivity contribution is 0.212. The van der Waals surface area contributed by atoms with Crippen LogP contribution in [0.1, 0.15) is 17.4 Å². The molecule has 3 nitrogen and oxygen atoms in total. The zero-order valence-corrected chi connectivity index (χ0v) is 12.5. The number of benzene rings is 2. The molecule has 1 N–H and O–H groups in total. The lowest BCUT2D eigenvalue weighted by Gasteiger charge is -2.15. The Balaban J connectivity index is 2.03. The molecule has 0 radical (unpaired) electrons. The van der Waals surface area contributed by atoms with Gasteiger partial charge in [-0.1, -0.05) is 47.5 Å². The van der Waals surface area contributed by atoms with Gasteiger partial charge >= 0.3 is 0 Å². The van der Waals surface area contributed by atoms with E-state index in [0.29, 0.717) is 21.3 Å². The number of hydrogen-bond donors (Lipinski definition) is 1. The predicted octanol–water partition coefficient (Wildman–Crippen LogP) is 4.26. The van der Waals surface area contributed by atoms with Crippen molar-refractivity contribution in [2.75, 3.05) is 0 Å². The van der Waals surface area contributed by atoms with Crippen molar-refractivity contribution >= 4 is 23.2 Å². The number of para-hydroxylation sites is 1. The second-order valence-electron chi connectivity index (χ2n) is 4.57. The Labute approximate surface area is 132 Å². The van der Waals surface area contributed by atoms with Gasteiger partial charge in [0.05, 0.1) is 11.4 Å². The van der Waals surface area contributed by atoms with E-state index in [1.165, 1.54) is 0 Å². The Kier molecular flexibility index (Phi) is 3.97. The van der Waals surface area contributed by atoms with Gasteiger partial charge in [-0.15, -0.1) is 0 Å². The standard InChI is InChI=1S/C16H12Cl2N2O/c17-11-6-7-13(14(18)10-11)16(21)15-8-9-19-20(15)12-4-2-1-3-5-12/h1-10,16,21H. The number of aliphatic hydroxyl groups excluding tert-OH is 1. The Morgan fingerprint density at radius 2 is 1.76 bits per heavy atom. The van der Waals surface area contributed by atoms with E-state index in [-0.39, 0.29) is 0 Å². The first-order valence-electron chi connectivity index (χ1n) is 6.39. The van der Waals surface area contributed by atoms with Gasteiger partial charge in [-0.2, -0.15) is 5.10 Å². The second kappa shape index (κ2) is 5.90. The molecule has 0 aliphatic carbocycles. The van der Waals surface area contributed by atoms with E-state index in [2.05, 4.69) is 5.10 Å². The average molecular weight is 319 g/mol. The molecule has 5 heteroatoms. The van der Waals surface area contributed by atoms with E-state index in [9.17, 15) is 5.11 Å². The maximum atomic E-state index is 10.6. The summed E-state index contributed by atoms with van der Waals surface area (Å²) in [7, 11) is 0. The van der Waals surface area contributed by atoms with Crippen LogP contribution in [0.5, 0.6) is 0 Å². The molecule has 0 aliphatic rings. The molecule has 0 amide bonds. The van der Waals surface area contributed by atoms with Crippen molar-refractivity contribution in [3.63, 3.8) is 0 Å². The molecule has 0 saturated carbocycles. The van der Waals surface area contributed by atoms with Gasteiger partial charge in [-0.3, -0.25) is 0 Å². The molecular formula is C16H12Cl2N2O. The number of aliphatic hydroxyl groups is 1. The van der Waals surface area contributed by atoms with Crippen LogP contribution < -0.4 is 0 Å². The highest BCUT2D eigenvalue weighted by molar-refractivity contribution is 6.35. The Morgan fingerprint density at radius 3 is 2.48 bits per heavy atom. The second-order valence-corrected chi connectivity index (χ2v) is 5.42. The molecule has 0 saturated heterocycles. The molecule has 0 fully saturated rings. The van der Waals surface area contributed by atoms with Crippen LogP contribution in [0, 0.1) is 0 Å². The largest absolute Gasteiger partial charge is 0.382 e. The fourth-order valence-corrected chi connectivity index (χ4v) is 2.70. The Hall–Kier alpha value is -1.81. The topological polar surface area (TPSA) is 38.1 Å². The third kappa shape index (κ3) is 2.81. The number of aromatic nitrogens is 2. The number of rotatable bonds is 3. The summed E-state index contributed by atoms with van der Waals surface area (Å²) in [5.74, 6) is 0. The lowest BCUT2D eigenvalue weighted by atomic mass is 10.1. The molecule has 1 heterocycles. The molecular weight excluding hydrogens is 307 g/mol. The van der Waals surface area contributed by atoms with E-state index in [1.807, 2.05) is 30.3 Å². The highest BCUT2D eigenvalue weighted by atomic mass is 35.5. The van der Waals surface area contributed by atoms with Crippen LogP contribution in [0.25, 0.3) is 5.69 Å². The molecule has 3 aromatic rings. The Bertz CT molecular complexity index is 756. The summed E-state index contributed by atoms with van der Waals surface area (Å²) in [6.45, 7) is 0. The molecule has 1 unspecified atom stereocenters. The van der Waals surface area contributed by atoms with Crippen molar-refractivity contribution in [1.82, 2.24) is 9.78 Å². The van der Waals surface area contributed by atoms with E-state index < -0.39 is 6.10 Å². The van der Waals surface area contributed by atoms with E-state index in [0.717, 1.165) is 5.69 Å². The van der Waals surface area contributed by atoms with Gasteiger partial charge in [-0.05, 0) is 30.3 Å². The van der Waals surface area contributed by atoms with Crippen molar-refractivity contribution in [3.05, 3.63) is 82.1 Å². The zero-order chi connectivity index (χ0) is 14.8. The summed E-state index contributed by atoms with van der Waals surface area (Å²) in [5, 5.41) is 15.8. The molecule has 0 spiro atoms. The van der Waals surface area contributed by atoms with Gasteiger partial charge in [-0.25, -0.2) is 4.68 Å². The summed E-state index contributed by atoms with van der Waals surface area (Å²) in [6, 6.07) is 16.4. The first-order chi connectivity index (χ1) is 10.2. The van der Waals surface area contributed by atoms with Crippen molar-refractivity contribution in [2.45, 2.75) is 6.10 Å². The molecule has 0 aliphatic heterocycles. The minimum absolute atomic E-state index is 0.427. The van der Waals surface area contributed by atoms with Crippen LogP contribution in [0.3, 0.4) is 0 Å². The van der Waals surface area contributed by atoms with Crippen molar-refractivity contribution in [1.29, 1.82) is 0 Å². The highest BCUT2D eigenvalue weighted by Crippen LogP contribution is 2.31. The van der Waals surface area contributed by atoms with Gasteiger partial charge in [0.15, 0.2) is 0 Å². The molecule has 0 bridgehead atoms. The summed E-state index contributed by atoms with van der Waals surface area (Å²) in [4.78, 5) is 0. The first-order valence-corrected chi connectivity index (χ1v) is 7.15. The van der Waals surface area contributed by atoms with Crippen LogP contribution in [0.4, 0.5) is 0 Å². The number of hydrogen-bond acceptors (Lipinski definition) is 2. The SMILES string of the molecule is OC(c1ccc(Cl)cc1Cl)c1ccnn1-c1ccccc1. The zero-order valence-electron chi connectivity index (χ0n) is 10.9. The smallest absolute Gasteiger partial charge is 0.123 e. The van der Waals surface area contributed by atoms with Gasteiger partial charge in [0.1, 0.15) is 6.10 Å². The molecule has 3 rings (SSSR count). The van der Waals surface area contributed by atoms with Crippen molar-refractivity contribution in [3.8, 4) is 5.69 Å². The minimum atomic E-state index is -0.877. The maximum Gasteiger partial charge on any atom is 0.123 e. The monoisotopic (exact) mass is 318 g/mol. The van der Waals surface area contributed by atoms with Crippen LogP contribution in [0.2, 0.25) is 10.0 Å².